The van der Waals surface area contributed by atoms with Gasteiger partial charge >= 0.3 is 0 Å². The molecule has 0 saturated carbocycles. The summed E-state index contributed by atoms with van der Waals surface area (Å²) in [5, 5.41) is 8.86. The second-order valence-electron chi connectivity index (χ2n) is 4.74. The number of rotatable bonds is 4. The first-order chi connectivity index (χ1) is 8.51. The van der Waals surface area contributed by atoms with E-state index in [4.69, 9.17) is 5.73 Å². The number of aryl methyl sites for hydroxylation is 4. The molecule has 18 heavy (non-hydrogen) atoms. The normalized spacial score (nSPS) is 12.9. The zero-order chi connectivity index (χ0) is 13.3. The van der Waals surface area contributed by atoms with Crippen LogP contribution in [0.1, 0.15) is 35.7 Å². The Morgan fingerprint density at radius 3 is 2.56 bits per heavy atom. The van der Waals surface area contributed by atoms with Gasteiger partial charge in [0.25, 0.3) is 0 Å². The molecule has 0 saturated heterocycles. The molecule has 1 atom stereocenters. The molecule has 2 N–H and O–H groups in total. The lowest BCUT2D eigenvalue weighted by atomic mass is 10.1. The molecule has 2 heterocycles. The Hall–Kier alpha value is -1.62. The quantitative estimate of drug-likeness (QED) is 0.890. The molecular formula is C13H21N5. The molecule has 2 rings (SSSR count). The average Bonchev–Trinajstić information content (AvgIpc) is 2.83. The molecule has 98 valence electrons. The molecule has 1 unspecified atom stereocenters. The third kappa shape index (κ3) is 2.46. The van der Waals surface area contributed by atoms with Gasteiger partial charge in [-0.1, -0.05) is 0 Å². The molecule has 2 aromatic heterocycles. The SMILES string of the molecule is CCn1nc(C)cc1CC(N)c1cc(C)n(C)n1. The lowest BCUT2D eigenvalue weighted by Crippen LogP contribution is -2.17. The smallest absolute Gasteiger partial charge is 0.0798 e. The lowest BCUT2D eigenvalue weighted by molar-refractivity contribution is 0.576. The number of nitrogens with two attached hydrogens (primary N) is 1. The Bertz CT molecular complexity index is 518. The van der Waals surface area contributed by atoms with Crippen LogP contribution in [0.4, 0.5) is 0 Å². The van der Waals surface area contributed by atoms with Gasteiger partial charge in [0.15, 0.2) is 0 Å². The summed E-state index contributed by atoms with van der Waals surface area (Å²) in [6.07, 6.45) is 0.769. The summed E-state index contributed by atoms with van der Waals surface area (Å²) in [6.45, 7) is 7.00. The topological polar surface area (TPSA) is 61.7 Å². The molecule has 0 aliphatic heterocycles. The Labute approximate surface area is 108 Å². The molecule has 0 spiro atoms. The van der Waals surface area contributed by atoms with E-state index in [9.17, 15) is 0 Å². The van der Waals surface area contributed by atoms with Crippen LogP contribution < -0.4 is 5.73 Å². The fourth-order valence-electron chi connectivity index (χ4n) is 2.14. The van der Waals surface area contributed by atoms with Gasteiger partial charge in [-0.15, -0.1) is 0 Å². The first kappa shape index (κ1) is 12.8. The van der Waals surface area contributed by atoms with Crippen LogP contribution in [0.15, 0.2) is 12.1 Å². The summed E-state index contributed by atoms with van der Waals surface area (Å²) >= 11 is 0. The predicted octanol–water partition coefficient (Wildman–Crippen LogP) is 1.50. The van der Waals surface area contributed by atoms with Crippen LogP contribution in [0.25, 0.3) is 0 Å². The summed E-state index contributed by atoms with van der Waals surface area (Å²) in [7, 11) is 1.94. The Kier molecular flexibility index (Phi) is 3.52. The van der Waals surface area contributed by atoms with Crippen molar-refractivity contribution < 1.29 is 0 Å². The Morgan fingerprint density at radius 2 is 2.00 bits per heavy atom. The van der Waals surface area contributed by atoms with Gasteiger partial charge in [-0.2, -0.15) is 10.2 Å². The van der Waals surface area contributed by atoms with Crippen LogP contribution in [0.5, 0.6) is 0 Å². The maximum atomic E-state index is 6.23. The van der Waals surface area contributed by atoms with Gasteiger partial charge in [0.05, 0.1) is 17.4 Å². The van der Waals surface area contributed by atoms with Gasteiger partial charge in [0.2, 0.25) is 0 Å². The van der Waals surface area contributed by atoms with Crippen LogP contribution in [0.2, 0.25) is 0 Å². The molecule has 0 aromatic carbocycles. The van der Waals surface area contributed by atoms with E-state index < -0.39 is 0 Å². The lowest BCUT2D eigenvalue weighted by Gasteiger charge is -2.09. The number of hydrogen-bond acceptors (Lipinski definition) is 3. The highest BCUT2D eigenvalue weighted by atomic mass is 15.3. The zero-order valence-corrected chi connectivity index (χ0v) is 11.5. The van der Waals surface area contributed by atoms with Gasteiger partial charge in [0.1, 0.15) is 0 Å². The van der Waals surface area contributed by atoms with Crippen LogP contribution in [-0.4, -0.2) is 19.6 Å². The van der Waals surface area contributed by atoms with Crippen LogP contribution in [0, 0.1) is 13.8 Å². The van der Waals surface area contributed by atoms with E-state index in [1.54, 1.807) is 0 Å². The molecule has 0 radical (unpaired) electrons. The number of nitrogens with zero attached hydrogens (tertiary/aromatic N) is 4. The summed E-state index contributed by atoms with van der Waals surface area (Å²) in [5.41, 5.74) is 10.5. The van der Waals surface area contributed by atoms with Crippen molar-refractivity contribution in [2.24, 2.45) is 12.8 Å². The molecule has 0 amide bonds. The minimum absolute atomic E-state index is 0.0775. The Morgan fingerprint density at radius 1 is 1.28 bits per heavy atom. The van der Waals surface area contributed by atoms with Gasteiger partial charge < -0.3 is 5.73 Å². The summed E-state index contributed by atoms with van der Waals surface area (Å²) in [6, 6.07) is 4.06. The van der Waals surface area contributed by atoms with Gasteiger partial charge in [-0.25, -0.2) is 0 Å². The highest BCUT2D eigenvalue weighted by molar-refractivity contribution is 5.17. The Balaban J connectivity index is 2.17. The van der Waals surface area contributed by atoms with Crippen LogP contribution >= 0.6 is 0 Å². The highest BCUT2D eigenvalue weighted by Gasteiger charge is 2.14. The maximum absolute atomic E-state index is 6.23. The van der Waals surface area contributed by atoms with E-state index in [0.717, 1.165) is 30.0 Å². The minimum Gasteiger partial charge on any atom is -0.322 e. The van der Waals surface area contributed by atoms with Crippen molar-refractivity contribution in [1.29, 1.82) is 0 Å². The summed E-state index contributed by atoms with van der Waals surface area (Å²) < 4.78 is 3.86. The number of aromatic nitrogens is 4. The van der Waals surface area contributed by atoms with Crippen molar-refractivity contribution in [3.63, 3.8) is 0 Å². The van der Waals surface area contributed by atoms with E-state index in [0.29, 0.717) is 0 Å². The van der Waals surface area contributed by atoms with E-state index >= 15 is 0 Å². The zero-order valence-electron chi connectivity index (χ0n) is 11.5. The van der Waals surface area contributed by atoms with E-state index in [1.807, 2.05) is 36.3 Å². The predicted molar refractivity (Wildman–Crippen MR) is 71.2 cm³/mol. The van der Waals surface area contributed by atoms with E-state index in [2.05, 4.69) is 23.2 Å². The van der Waals surface area contributed by atoms with Crippen LogP contribution in [0.3, 0.4) is 0 Å². The molecule has 0 bridgehead atoms. The second kappa shape index (κ2) is 4.94. The highest BCUT2D eigenvalue weighted by Crippen LogP contribution is 2.16. The van der Waals surface area contributed by atoms with Gasteiger partial charge in [-0.3, -0.25) is 9.36 Å². The van der Waals surface area contributed by atoms with Crippen molar-refractivity contribution >= 4 is 0 Å². The van der Waals surface area contributed by atoms with Crippen molar-refractivity contribution in [2.75, 3.05) is 0 Å². The summed E-state index contributed by atoms with van der Waals surface area (Å²) in [4.78, 5) is 0. The third-order valence-electron chi connectivity index (χ3n) is 3.23. The molecule has 5 heteroatoms. The maximum Gasteiger partial charge on any atom is 0.0798 e. The molecule has 0 aliphatic carbocycles. The first-order valence-corrected chi connectivity index (χ1v) is 6.30. The van der Waals surface area contributed by atoms with Gasteiger partial charge in [0, 0.05) is 31.4 Å². The minimum atomic E-state index is -0.0775. The van der Waals surface area contributed by atoms with Crippen molar-refractivity contribution in [1.82, 2.24) is 19.6 Å². The fourth-order valence-corrected chi connectivity index (χ4v) is 2.14. The van der Waals surface area contributed by atoms with Crippen molar-refractivity contribution in [2.45, 2.75) is 39.8 Å². The van der Waals surface area contributed by atoms with Crippen molar-refractivity contribution in [3.05, 3.63) is 34.9 Å². The molecular weight excluding hydrogens is 226 g/mol. The van der Waals surface area contributed by atoms with E-state index in [-0.39, 0.29) is 6.04 Å². The van der Waals surface area contributed by atoms with Gasteiger partial charge in [-0.05, 0) is 32.9 Å². The fraction of sp³-hybridized carbons (Fsp3) is 0.538. The van der Waals surface area contributed by atoms with Crippen LogP contribution in [-0.2, 0) is 20.0 Å². The largest absolute Gasteiger partial charge is 0.322 e. The molecule has 5 nitrogen and oxygen atoms in total. The molecule has 2 aromatic rings. The number of hydrogen-bond donors (Lipinski definition) is 1. The summed E-state index contributed by atoms with van der Waals surface area (Å²) in [5.74, 6) is 0. The van der Waals surface area contributed by atoms with E-state index in [1.165, 1.54) is 5.69 Å². The van der Waals surface area contributed by atoms with Crippen molar-refractivity contribution in [3.8, 4) is 0 Å². The molecule has 0 aliphatic rings. The second-order valence-corrected chi connectivity index (χ2v) is 4.74. The third-order valence-corrected chi connectivity index (χ3v) is 3.23. The standard InChI is InChI=1S/C13H21N5/c1-5-18-11(6-9(2)15-18)8-12(14)13-7-10(3)17(4)16-13/h6-7,12H,5,8,14H2,1-4H3. The average molecular weight is 247 g/mol. The monoisotopic (exact) mass is 247 g/mol. The molecule has 0 fully saturated rings. The first-order valence-electron chi connectivity index (χ1n) is 6.30.